The number of rotatable bonds is 2. The Kier molecular flexibility index (Phi) is 3.62. The van der Waals surface area contributed by atoms with Crippen LogP contribution in [0.4, 0.5) is 4.39 Å². The predicted molar refractivity (Wildman–Crippen MR) is 60.8 cm³/mol. The van der Waals surface area contributed by atoms with Gasteiger partial charge in [-0.05, 0) is 19.8 Å². The molecule has 1 spiro atoms. The highest BCUT2D eigenvalue weighted by Crippen LogP contribution is 2.35. The molecule has 1 saturated carbocycles. The Hall–Kier alpha value is -0.150. The van der Waals surface area contributed by atoms with E-state index < -0.39 is 0 Å². The summed E-state index contributed by atoms with van der Waals surface area (Å²) in [5.74, 6) is 0. The minimum absolute atomic E-state index is 0.200. The second kappa shape index (κ2) is 4.79. The van der Waals surface area contributed by atoms with E-state index in [9.17, 15) is 4.39 Å². The van der Waals surface area contributed by atoms with Crippen LogP contribution >= 0.6 is 0 Å². The van der Waals surface area contributed by atoms with Gasteiger partial charge in [0.2, 0.25) is 0 Å². The molecule has 0 aromatic rings. The van der Waals surface area contributed by atoms with Crippen molar-refractivity contribution in [2.45, 2.75) is 50.6 Å². The lowest BCUT2D eigenvalue weighted by atomic mass is 9.78. The number of piperazine rings is 1. The summed E-state index contributed by atoms with van der Waals surface area (Å²) in [6.45, 7) is 4.71. The molecule has 2 rings (SSSR count). The third-order valence-electron chi connectivity index (χ3n) is 4.08. The van der Waals surface area contributed by atoms with Crippen LogP contribution in [0.2, 0.25) is 0 Å². The minimum Gasteiger partial charge on any atom is -0.311 e. The molecular weight excluding hydrogens is 191 g/mol. The van der Waals surface area contributed by atoms with E-state index in [1.807, 2.05) is 0 Å². The van der Waals surface area contributed by atoms with Crippen LogP contribution in [0.15, 0.2) is 0 Å². The van der Waals surface area contributed by atoms with E-state index in [0.29, 0.717) is 12.6 Å². The zero-order valence-electron chi connectivity index (χ0n) is 9.77. The summed E-state index contributed by atoms with van der Waals surface area (Å²) >= 11 is 0. The number of hydrogen-bond donors (Lipinski definition) is 1. The van der Waals surface area contributed by atoms with Gasteiger partial charge in [-0.2, -0.15) is 0 Å². The van der Waals surface area contributed by atoms with Gasteiger partial charge in [-0.3, -0.25) is 4.90 Å². The maximum Gasteiger partial charge on any atom is 0.102 e. The van der Waals surface area contributed by atoms with Gasteiger partial charge in [-0.15, -0.1) is 0 Å². The summed E-state index contributed by atoms with van der Waals surface area (Å²) in [4.78, 5) is 2.41. The Morgan fingerprint density at radius 3 is 2.73 bits per heavy atom. The second-order valence-electron chi connectivity index (χ2n) is 5.20. The van der Waals surface area contributed by atoms with Crippen LogP contribution in [-0.2, 0) is 0 Å². The monoisotopic (exact) mass is 214 g/mol. The Bertz CT molecular complexity index is 202. The van der Waals surface area contributed by atoms with Gasteiger partial charge in [0.15, 0.2) is 0 Å². The molecule has 1 aliphatic heterocycles. The van der Waals surface area contributed by atoms with E-state index in [-0.39, 0.29) is 12.2 Å². The SMILES string of the molecule is CC1CN(CCF)C2(CCCCC2)CN1. The van der Waals surface area contributed by atoms with E-state index in [0.717, 1.165) is 13.1 Å². The standard InChI is InChI=1S/C12H23FN2/c1-11-9-15(8-7-13)12(10-14-11)5-3-2-4-6-12/h11,14H,2-10H2,1H3. The van der Waals surface area contributed by atoms with Gasteiger partial charge < -0.3 is 5.32 Å². The molecule has 0 bridgehead atoms. The molecule has 15 heavy (non-hydrogen) atoms. The maximum absolute atomic E-state index is 12.6. The summed E-state index contributed by atoms with van der Waals surface area (Å²) in [6, 6.07) is 0.518. The average molecular weight is 214 g/mol. The third-order valence-corrected chi connectivity index (χ3v) is 4.08. The van der Waals surface area contributed by atoms with Crippen molar-refractivity contribution in [3.63, 3.8) is 0 Å². The number of alkyl halides is 1. The van der Waals surface area contributed by atoms with Crippen LogP contribution in [0.3, 0.4) is 0 Å². The molecule has 3 heteroatoms. The number of halogens is 1. The van der Waals surface area contributed by atoms with Crippen LogP contribution in [0, 0.1) is 0 Å². The molecule has 2 fully saturated rings. The van der Waals surface area contributed by atoms with Crippen LogP contribution in [0.5, 0.6) is 0 Å². The highest BCUT2D eigenvalue weighted by molar-refractivity contribution is 4.99. The molecule has 0 aromatic heterocycles. The first-order chi connectivity index (χ1) is 7.27. The fraction of sp³-hybridized carbons (Fsp3) is 1.00. The van der Waals surface area contributed by atoms with Gasteiger partial charge in [0.05, 0.1) is 0 Å². The quantitative estimate of drug-likeness (QED) is 0.756. The lowest BCUT2D eigenvalue weighted by Gasteiger charge is -2.51. The van der Waals surface area contributed by atoms with Crippen molar-refractivity contribution in [3.05, 3.63) is 0 Å². The van der Waals surface area contributed by atoms with Crippen molar-refractivity contribution in [1.29, 1.82) is 0 Å². The van der Waals surface area contributed by atoms with Crippen molar-refractivity contribution < 1.29 is 4.39 Å². The first-order valence-corrected chi connectivity index (χ1v) is 6.31. The number of nitrogens with zero attached hydrogens (tertiary/aromatic N) is 1. The number of nitrogens with one attached hydrogen (secondary N) is 1. The number of hydrogen-bond acceptors (Lipinski definition) is 2. The molecular formula is C12H23FN2. The summed E-state index contributed by atoms with van der Waals surface area (Å²) in [7, 11) is 0. The van der Waals surface area contributed by atoms with Crippen LogP contribution in [0.25, 0.3) is 0 Å². The largest absolute Gasteiger partial charge is 0.311 e. The maximum atomic E-state index is 12.6. The first-order valence-electron chi connectivity index (χ1n) is 6.31. The Morgan fingerprint density at radius 1 is 1.33 bits per heavy atom. The van der Waals surface area contributed by atoms with E-state index >= 15 is 0 Å². The molecule has 0 amide bonds. The topological polar surface area (TPSA) is 15.3 Å². The van der Waals surface area contributed by atoms with E-state index in [1.54, 1.807) is 0 Å². The van der Waals surface area contributed by atoms with Gasteiger partial charge >= 0.3 is 0 Å². The lowest BCUT2D eigenvalue weighted by molar-refractivity contribution is 0.00902. The molecule has 1 aliphatic carbocycles. The average Bonchev–Trinajstić information content (AvgIpc) is 2.26. The molecule has 88 valence electrons. The van der Waals surface area contributed by atoms with Gasteiger partial charge in [0, 0.05) is 31.2 Å². The third kappa shape index (κ3) is 2.34. The predicted octanol–water partition coefficient (Wildman–Crippen LogP) is 1.95. The Balaban J connectivity index is 2.05. The molecule has 2 nitrogen and oxygen atoms in total. The van der Waals surface area contributed by atoms with Crippen molar-refractivity contribution in [1.82, 2.24) is 10.2 Å². The normalized spacial score (nSPS) is 32.0. The van der Waals surface area contributed by atoms with E-state index in [1.165, 1.54) is 32.1 Å². The van der Waals surface area contributed by atoms with E-state index in [4.69, 9.17) is 0 Å². The molecule has 0 aromatic carbocycles. The van der Waals surface area contributed by atoms with Crippen molar-refractivity contribution in [3.8, 4) is 0 Å². The van der Waals surface area contributed by atoms with E-state index in [2.05, 4.69) is 17.1 Å². The summed E-state index contributed by atoms with van der Waals surface area (Å²) in [5, 5.41) is 3.57. The Labute approximate surface area is 92.2 Å². The molecule has 0 radical (unpaired) electrons. The van der Waals surface area contributed by atoms with Crippen LogP contribution in [0.1, 0.15) is 39.0 Å². The van der Waals surface area contributed by atoms with Crippen LogP contribution < -0.4 is 5.32 Å². The molecule has 1 N–H and O–H groups in total. The molecule has 1 saturated heterocycles. The summed E-state index contributed by atoms with van der Waals surface area (Å²) < 4.78 is 12.6. The zero-order valence-corrected chi connectivity index (χ0v) is 9.77. The fourth-order valence-corrected chi connectivity index (χ4v) is 3.20. The molecule has 1 atom stereocenters. The van der Waals surface area contributed by atoms with Crippen molar-refractivity contribution >= 4 is 0 Å². The second-order valence-corrected chi connectivity index (χ2v) is 5.20. The van der Waals surface area contributed by atoms with Crippen molar-refractivity contribution in [2.24, 2.45) is 0 Å². The smallest absolute Gasteiger partial charge is 0.102 e. The minimum atomic E-state index is -0.200. The molecule has 1 heterocycles. The highest BCUT2D eigenvalue weighted by Gasteiger charge is 2.40. The zero-order chi connectivity index (χ0) is 10.7. The first kappa shape index (κ1) is 11.3. The highest BCUT2D eigenvalue weighted by atomic mass is 19.1. The van der Waals surface area contributed by atoms with Crippen LogP contribution in [-0.4, -0.2) is 42.8 Å². The van der Waals surface area contributed by atoms with Gasteiger partial charge in [-0.25, -0.2) is 4.39 Å². The summed E-state index contributed by atoms with van der Waals surface area (Å²) in [6.07, 6.45) is 6.51. The molecule has 2 aliphatic rings. The summed E-state index contributed by atoms with van der Waals surface area (Å²) in [5.41, 5.74) is 0.289. The van der Waals surface area contributed by atoms with Crippen molar-refractivity contribution in [2.75, 3.05) is 26.3 Å². The van der Waals surface area contributed by atoms with Gasteiger partial charge in [0.25, 0.3) is 0 Å². The van der Waals surface area contributed by atoms with Gasteiger partial charge in [-0.1, -0.05) is 19.3 Å². The Morgan fingerprint density at radius 2 is 2.07 bits per heavy atom. The lowest BCUT2D eigenvalue weighted by Crippen LogP contribution is -2.64. The molecule has 1 unspecified atom stereocenters. The fourth-order valence-electron chi connectivity index (χ4n) is 3.20. The van der Waals surface area contributed by atoms with Gasteiger partial charge in [0.1, 0.15) is 6.67 Å².